The van der Waals surface area contributed by atoms with Gasteiger partial charge in [-0.15, -0.1) is 0 Å². The Kier molecular flexibility index (Phi) is 7.87. The Balaban J connectivity index is 1.23. The van der Waals surface area contributed by atoms with Crippen LogP contribution in [0.15, 0.2) is 97.5 Å². The van der Waals surface area contributed by atoms with Crippen molar-refractivity contribution in [3.05, 3.63) is 131 Å². The predicted molar refractivity (Wildman–Crippen MR) is 158 cm³/mol. The van der Waals surface area contributed by atoms with Gasteiger partial charge in [0.1, 0.15) is 0 Å². The molecule has 1 N–H and O–H groups in total. The van der Waals surface area contributed by atoms with Crippen LogP contribution in [0.2, 0.25) is 0 Å². The fraction of sp³-hybridized carbons (Fsp3) is 0.265. The maximum atomic E-state index is 4.79. The van der Waals surface area contributed by atoms with Crippen molar-refractivity contribution in [2.45, 2.75) is 58.3 Å². The molecule has 5 heteroatoms. The highest BCUT2D eigenvalue weighted by Crippen LogP contribution is 2.31. The molecule has 3 aromatic heterocycles. The molecule has 0 aliphatic heterocycles. The summed E-state index contributed by atoms with van der Waals surface area (Å²) in [5, 5.41) is 4.69. The lowest BCUT2D eigenvalue weighted by atomic mass is 10.0. The summed E-state index contributed by atoms with van der Waals surface area (Å²) in [5.41, 5.74) is 9.93. The molecule has 0 fully saturated rings. The molecule has 1 aliphatic rings. The molecule has 6 rings (SSSR count). The van der Waals surface area contributed by atoms with E-state index >= 15 is 0 Å². The quantitative estimate of drug-likeness (QED) is 0.220. The molecular formula is C34H35N5. The smallest absolute Gasteiger partial charge is 0.0702 e. The summed E-state index contributed by atoms with van der Waals surface area (Å²) in [4.78, 5) is 16.5. The van der Waals surface area contributed by atoms with E-state index in [1.807, 2.05) is 36.8 Å². The third-order valence-corrected chi connectivity index (χ3v) is 7.58. The van der Waals surface area contributed by atoms with Crippen LogP contribution in [-0.4, -0.2) is 15.0 Å². The topological polar surface area (TPSA) is 53.9 Å². The molecule has 0 spiro atoms. The van der Waals surface area contributed by atoms with E-state index < -0.39 is 0 Å². The number of nitrogens with zero attached hydrogens (tertiary/aromatic N) is 4. The normalized spacial score (nSPS) is 13.1. The van der Waals surface area contributed by atoms with E-state index in [1.54, 1.807) is 0 Å². The molecule has 0 saturated heterocycles. The fourth-order valence-electron chi connectivity index (χ4n) is 5.55. The molecule has 39 heavy (non-hydrogen) atoms. The first kappa shape index (κ1) is 25.2. The molecule has 0 saturated carbocycles. The third kappa shape index (κ3) is 6.32. The minimum Gasteiger partial charge on any atom is -0.362 e. The van der Waals surface area contributed by atoms with E-state index in [0.29, 0.717) is 0 Å². The van der Waals surface area contributed by atoms with Crippen LogP contribution in [0.4, 0.5) is 5.69 Å². The second-order valence-electron chi connectivity index (χ2n) is 10.4. The van der Waals surface area contributed by atoms with E-state index in [-0.39, 0.29) is 0 Å². The number of nitrogens with one attached hydrogen (secondary N) is 1. The van der Waals surface area contributed by atoms with Gasteiger partial charge in [0.05, 0.1) is 11.2 Å². The van der Waals surface area contributed by atoms with Crippen molar-refractivity contribution < 1.29 is 0 Å². The van der Waals surface area contributed by atoms with Crippen LogP contribution in [0, 0.1) is 0 Å². The number of anilines is 1. The first-order valence-electron chi connectivity index (χ1n) is 14.1. The molecule has 0 amide bonds. The van der Waals surface area contributed by atoms with Crippen LogP contribution in [0.1, 0.15) is 52.9 Å². The maximum Gasteiger partial charge on any atom is 0.0702 e. The van der Waals surface area contributed by atoms with Gasteiger partial charge < -0.3 is 10.2 Å². The van der Waals surface area contributed by atoms with Gasteiger partial charge in [0.2, 0.25) is 0 Å². The second-order valence-corrected chi connectivity index (χ2v) is 10.4. The van der Waals surface area contributed by atoms with E-state index in [9.17, 15) is 0 Å². The molecule has 0 unspecified atom stereocenters. The number of aryl methyl sites for hydroxylation is 1. The van der Waals surface area contributed by atoms with Gasteiger partial charge in [-0.3, -0.25) is 15.0 Å². The summed E-state index contributed by atoms with van der Waals surface area (Å²) in [6, 6.07) is 27.9. The second kappa shape index (κ2) is 12.2. The van der Waals surface area contributed by atoms with E-state index in [1.165, 1.54) is 58.3 Å². The van der Waals surface area contributed by atoms with Gasteiger partial charge in [-0.25, -0.2) is 0 Å². The third-order valence-electron chi connectivity index (χ3n) is 7.58. The van der Waals surface area contributed by atoms with Crippen molar-refractivity contribution >= 4 is 16.6 Å². The Hall–Kier alpha value is -4.09. The van der Waals surface area contributed by atoms with Crippen LogP contribution in [0.5, 0.6) is 0 Å². The van der Waals surface area contributed by atoms with Gasteiger partial charge in [-0.1, -0.05) is 55.0 Å². The van der Waals surface area contributed by atoms with Crippen molar-refractivity contribution in [3.8, 4) is 0 Å². The molecule has 5 nitrogen and oxygen atoms in total. The van der Waals surface area contributed by atoms with Crippen molar-refractivity contribution in [3.63, 3.8) is 0 Å². The summed E-state index contributed by atoms with van der Waals surface area (Å²) in [6.45, 7) is 3.23. The lowest BCUT2D eigenvalue weighted by Crippen LogP contribution is -2.24. The number of aromatic nitrogens is 3. The number of benzene rings is 2. The average Bonchev–Trinajstić information content (AvgIpc) is 3.24. The average molecular weight is 514 g/mol. The van der Waals surface area contributed by atoms with Gasteiger partial charge in [0.15, 0.2) is 0 Å². The minimum absolute atomic E-state index is 0.767. The van der Waals surface area contributed by atoms with E-state index in [0.717, 1.165) is 50.2 Å². The van der Waals surface area contributed by atoms with Crippen molar-refractivity contribution in [1.29, 1.82) is 0 Å². The van der Waals surface area contributed by atoms with Crippen molar-refractivity contribution in [2.24, 2.45) is 0 Å². The van der Waals surface area contributed by atoms with Crippen molar-refractivity contribution in [1.82, 2.24) is 20.3 Å². The Morgan fingerprint density at radius 2 is 1.49 bits per heavy atom. The summed E-state index contributed by atoms with van der Waals surface area (Å²) < 4.78 is 0. The highest BCUT2D eigenvalue weighted by molar-refractivity contribution is 5.78. The molecule has 196 valence electrons. The van der Waals surface area contributed by atoms with Gasteiger partial charge >= 0.3 is 0 Å². The molecule has 3 heterocycles. The van der Waals surface area contributed by atoms with Gasteiger partial charge in [0.25, 0.3) is 0 Å². The number of hydrogen-bond acceptors (Lipinski definition) is 5. The minimum atomic E-state index is 0.767. The first-order valence-corrected chi connectivity index (χ1v) is 14.1. The molecule has 5 aromatic rings. The summed E-state index contributed by atoms with van der Waals surface area (Å²) in [6.07, 6.45) is 11.8. The van der Waals surface area contributed by atoms with E-state index in [4.69, 9.17) is 9.97 Å². The number of hydrogen-bond donors (Lipinski definition) is 1. The van der Waals surface area contributed by atoms with Crippen molar-refractivity contribution in [2.75, 3.05) is 4.90 Å². The standard InChI is InChI=1S/C34H35N5/c1-2-10-31-33(12-3-1)37-19-17-34(31)39(25-28-20-29-8-4-5-11-32(29)38-22-28)24-27-15-13-26(14-16-27)21-35-23-30-9-6-7-18-36-30/h4-9,11,13-20,22,35H,1-3,10,12,21,23-25H2. The Morgan fingerprint density at radius 1 is 0.667 bits per heavy atom. The summed E-state index contributed by atoms with van der Waals surface area (Å²) in [7, 11) is 0. The lowest BCUT2D eigenvalue weighted by molar-refractivity contribution is 0.679. The highest BCUT2D eigenvalue weighted by Gasteiger charge is 2.18. The number of pyridine rings is 3. The molecule has 1 aliphatic carbocycles. The summed E-state index contributed by atoms with van der Waals surface area (Å²) in [5.74, 6) is 0. The Labute approximate surface area is 231 Å². The SMILES string of the molecule is c1ccc(CNCc2ccc(CN(Cc3cnc4ccccc4c3)c3ccnc4c3CCCCC4)cc2)nc1. The van der Waals surface area contributed by atoms with Crippen LogP contribution in [0.25, 0.3) is 10.9 Å². The van der Waals surface area contributed by atoms with Gasteiger partial charge in [-0.2, -0.15) is 0 Å². The monoisotopic (exact) mass is 513 g/mol. The fourth-order valence-corrected chi connectivity index (χ4v) is 5.55. The molecule has 2 aromatic carbocycles. The zero-order chi connectivity index (χ0) is 26.3. The zero-order valence-electron chi connectivity index (χ0n) is 22.4. The number of fused-ring (bicyclic) bond motifs is 2. The number of para-hydroxylation sites is 1. The van der Waals surface area contributed by atoms with Gasteiger partial charge in [0, 0.05) is 61.5 Å². The Morgan fingerprint density at radius 3 is 2.38 bits per heavy atom. The Bertz CT molecular complexity index is 1510. The predicted octanol–water partition coefficient (Wildman–Crippen LogP) is 6.79. The van der Waals surface area contributed by atoms with Gasteiger partial charge in [-0.05, 0) is 78.3 Å². The zero-order valence-corrected chi connectivity index (χ0v) is 22.4. The molecule has 0 bridgehead atoms. The molecule has 0 radical (unpaired) electrons. The first-order chi connectivity index (χ1) is 19.3. The number of rotatable bonds is 9. The molecular weight excluding hydrogens is 478 g/mol. The van der Waals surface area contributed by atoms with Crippen LogP contribution in [-0.2, 0) is 39.0 Å². The maximum absolute atomic E-state index is 4.79. The van der Waals surface area contributed by atoms with Crippen LogP contribution >= 0.6 is 0 Å². The summed E-state index contributed by atoms with van der Waals surface area (Å²) >= 11 is 0. The van der Waals surface area contributed by atoms with E-state index in [2.05, 4.69) is 75.9 Å². The van der Waals surface area contributed by atoms with Crippen LogP contribution in [0.3, 0.4) is 0 Å². The molecule has 0 atom stereocenters. The lowest BCUT2D eigenvalue weighted by Gasteiger charge is -2.28. The largest absolute Gasteiger partial charge is 0.362 e. The highest BCUT2D eigenvalue weighted by atomic mass is 15.1. The van der Waals surface area contributed by atoms with Crippen LogP contribution < -0.4 is 10.2 Å².